The highest BCUT2D eigenvalue weighted by molar-refractivity contribution is 5.80. The standard InChI is InChI=1S/C19H35N5O/c1-6-20-19(22-15-17-12-9-13-21-18(17)25-5)23-16(4)11-10-14-24(7-2)8-3/h9,12-13,16H,6-8,10-11,14-15H2,1-5H3,(H2,20,22,23). The van der Waals surface area contributed by atoms with Crippen LogP contribution < -0.4 is 15.4 Å². The zero-order valence-corrected chi connectivity index (χ0v) is 16.5. The number of guanidine groups is 1. The molecule has 2 N–H and O–H groups in total. The summed E-state index contributed by atoms with van der Waals surface area (Å²) in [5.74, 6) is 1.47. The maximum absolute atomic E-state index is 5.29. The van der Waals surface area contributed by atoms with Gasteiger partial charge < -0.3 is 20.3 Å². The molecule has 1 heterocycles. The van der Waals surface area contributed by atoms with Gasteiger partial charge in [-0.05, 0) is 52.4 Å². The maximum Gasteiger partial charge on any atom is 0.218 e. The van der Waals surface area contributed by atoms with Crippen molar-refractivity contribution in [2.24, 2.45) is 4.99 Å². The monoisotopic (exact) mass is 349 g/mol. The zero-order chi connectivity index (χ0) is 18.5. The van der Waals surface area contributed by atoms with Crippen LogP contribution in [-0.2, 0) is 6.54 Å². The highest BCUT2D eigenvalue weighted by Crippen LogP contribution is 2.14. The van der Waals surface area contributed by atoms with Gasteiger partial charge >= 0.3 is 0 Å². The first-order chi connectivity index (χ1) is 12.1. The Morgan fingerprint density at radius 2 is 2.08 bits per heavy atom. The van der Waals surface area contributed by atoms with Crippen LogP contribution >= 0.6 is 0 Å². The van der Waals surface area contributed by atoms with Crippen LogP contribution in [0.15, 0.2) is 23.3 Å². The molecule has 0 aromatic carbocycles. The summed E-state index contributed by atoms with van der Waals surface area (Å²) in [6.45, 7) is 13.5. The summed E-state index contributed by atoms with van der Waals surface area (Å²) < 4.78 is 5.29. The van der Waals surface area contributed by atoms with Gasteiger partial charge in [0, 0.05) is 24.3 Å². The third kappa shape index (κ3) is 8.20. The molecule has 0 saturated heterocycles. The van der Waals surface area contributed by atoms with E-state index < -0.39 is 0 Å². The first kappa shape index (κ1) is 21.2. The Morgan fingerprint density at radius 1 is 1.32 bits per heavy atom. The van der Waals surface area contributed by atoms with Crippen LogP contribution in [0.4, 0.5) is 0 Å². The lowest BCUT2D eigenvalue weighted by Gasteiger charge is -2.21. The second-order valence-electron chi connectivity index (χ2n) is 6.08. The topological polar surface area (TPSA) is 61.8 Å². The lowest BCUT2D eigenvalue weighted by atomic mass is 10.2. The Kier molecular flexibility index (Phi) is 10.6. The minimum Gasteiger partial charge on any atom is -0.481 e. The van der Waals surface area contributed by atoms with Crippen molar-refractivity contribution in [3.8, 4) is 5.88 Å². The Morgan fingerprint density at radius 3 is 2.72 bits per heavy atom. The van der Waals surface area contributed by atoms with Crippen molar-refractivity contribution in [3.63, 3.8) is 0 Å². The molecule has 0 aliphatic heterocycles. The first-order valence-corrected chi connectivity index (χ1v) is 9.39. The predicted octanol–water partition coefficient (Wildman–Crippen LogP) is 2.66. The molecular weight excluding hydrogens is 314 g/mol. The molecule has 1 atom stereocenters. The van der Waals surface area contributed by atoms with Gasteiger partial charge in [-0.25, -0.2) is 9.98 Å². The molecule has 0 bridgehead atoms. The fourth-order valence-corrected chi connectivity index (χ4v) is 2.68. The van der Waals surface area contributed by atoms with Gasteiger partial charge in [-0.2, -0.15) is 0 Å². The van der Waals surface area contributed by atoms with E-state index in [2.05, 4.69) is 53.2 Å². The van der Waals surface area contributed by atoms with Gasteiger partial charge in [-0.3, -0.25) is 0 Å². The van der Waals surface area contributed by atoms with Gasteiger partial charge in [-0.1, -0.05) is 19.9 Å². The molecule has 6 nitrogen and oxygen atoms in total. The molecule has 0 aliphatic rings. The maximum atomic E-state index is 5.29. The lowest BCUT2D eigenvalue weighted by Crippen LogP contribution is -2.42. The third-order valence-electron chi connectivity index (χ3n) is 4.18. The van der Waals surface area contributed by atoms with Crippen molar-refractivity contribution >= 4 is 5.96 Å². The van der Waals surface area contributed by atoms with Crippen molar-refractivity contribution in [1.29, 1.82) is 0 Å². The highest BCUT2D eigenvalue weighted by Gasteiger charge is 2.08. The number of nitrogens with one attached hydrogen (secondary N) is 2. The molecule has 1 rings (SSSR count). The number of pyridine rings is 1. The summed E-state index contributed by atoms with van der Waals surface area (Å²) in [5, 5.41) is 6.80. The number of nitrogens with zero attached hydrogens (tertiary/aromatic N) is 3. The van der Waals surface area contributed by atoms with Crippen molar-refractivity contribution in [2.45, 2.75) is 53.1 Å². The molecule has 0 amide bonds. The Bertz CT molecular complexity index is 502. The Hall–Kier alpha value is -1.82. The number of aliphatic imine (C=N–C) groups is 1. The average Bonchev–Trinajstić information content (AvgIpc) is 2.63. The molecule has 1 aromatic heterocycles. The first-order valence-electron chi connectivity index (χ1n) is 9.39. The molecule has 0 spiro atoms. The molecule has 6 heteroatoms. The van der Waals surface area contributed by atoms with Gasteiger partial charge in [0.05, 0.1) is 13.7 Å². The van der Waals surface area contributed by atoms with E-state index in [1.54, 1.807) is 13.3 Å². The quantitative estimate of drug-likeness (QED) is 0.475. The summed E-state index contributed by atoms with van der Waals surface area (Å²) >= 11 is 0. The van der Waals surface area contributed by atoms with E-state index in [1.807, 2.05) is 12.1 Å². The van der Waals surface area contributed by atoms with Crippen LogP contribution in [0.2, 0.25) is 0 Å². The molecule has 1 aromatic rings. The van der Waals surface area contributed by atoms with E-state index in [1.165, 1.54) is 6.42 Å². The highest BCUT2D eigenvalue weighted by atomic mass is 16.5. The molecule has 1 unspecified atom stereocenters. The SMILES string of the molecule is CCNC(=NCc1cccnc1OC)NC(C)CCCN(CC)CC. The molecule has 0 aliphatic carbocycles. The van der Waals surface area contributed by atoms with E-state index in [-0.39, 0.29) is 0 Å². The molecule has 142 valence electrons. The summed E-state index contributed by atoms with van der Waals surface area (Å²) in [6.07, 6.45) is 4.04. The fraction of sp³-hybridized carbons (Fsp3) is 0.684. The van der Waals surface area contributed by atoms with E-state index in [0.717, 1.165) is 44.1 Å². The van der Waals surface area contributed by atoms with E-state index in [4.69, 9.17) is 4.74 Å². The van der Waals surface area contributed by atoms with Gasteiger partial charge in [0.1, 0.15) is 0 Å². The summed E-state index contributed by atoms with van der Waals surface area (Å²) in [5.41, 5.74) is 0.983. The normalized spacial score (nSPS) is 13.0. The summed E-state index contributed by atoms with van der Waals surface area (Å²) in [4.78, 5) is 11.3. The molecule has 25 heavy (non-hydrogen) atoms. The van der Waals surface area contributed by atoms with Crippen molar-refractivity contribution in [2.75, 3.05) is 33.3 Å². The number of rotatable bonds is 11. The lowest BCUT2D eigenvalue weighted by molar-refractivity contribution is 0.292. The van der Waals surface area contributed by atoms with E-state index in [9.17, 15) is 0 Å². The Labute approximate surface area is 153 Å². The Balaban J connectivity index is 2.54. The van der Waals surface area contributed by atoms with Gasteiger partial charge in [-0.15, -0.1) is 0 Å². The van der Waals surface area contributed by atoms with E-state index in [0.29, 0.717) is 18.5 Å². The fourth-order valence-electron chi connectivity index (χ4n) is 2.68. The van der Waals surface area contributed by atoms with Crippen molar-refractivity contribution in [3.05, 3.63) is 23.9 Å². The largest absolute Gasteiger partial charge is 0.481 e. The van der Waals surface area contributed by atoms with Crippen LogP contribution in [0.3, 0.4) is 0 Å². The van der Waals surface area contributed by atoms with Gasteiger partial charge in [0.25, 0.3) is 0 Å². The van der Waals surface area contributed by atoms with Gasteiger partial charge in [0.15, 0.2) is 5.96 Å². The summed E-state index contributed by atoms with van der Waals surface area (Å²) in [6, 6.07) is 4.28. The van der Waals surface area contributed by atoms with Crippen LogP contribution in [0, 0.1) is 0 Å². The van der Waals surface area contributed by atoms with Crippen LogP contribution in [0.25, 0.3) is 0 Å². The van der Waals surface area contributed by atoms with Crippen LogP contribution in [-0.4, -0.2) is 55.2 Å². The predicted molar refractivity (Wildman–Crippen MR) is 105 cm³/mol. The second-order valence-corrected chi connectivity index (χ2v) is 6.08. The second kappa shape index (κ2) is 12.5. The van der Waals surface area contributed by atoms with Crippen LogP contribution in [0.5, 0.6) is 5.88 Å². The smallest absolute Gasteiger partial charge is 0.218 e. The molecule has 0 fully saturated rings. The molecule has 0 saturated carbocycles. The van der Waals surface area contributed by atoms with Crippen molar-refractivity contribution < 1.29 is 4.74 Å². The van der Waals surface area contributed by atoms with E-state index >= 15 is 0 Å². The summed E-state index contributed by atoms with van der Waals surface area (Å²) in [7, 11) is 1.64. The van der Waals surface area contributed by atoms with Crippen LogP contribution in [0.1, 0.15) is 46.1 Å². The number of aromatic nitrogens is 1. The third-order valence-corrected chi connectivity index (χ3v) is 4.18. The number of methoxy groups -OCH3 is 1. The average molecular weight is 350 g/mol. The number of hydrogen-bond acceptors (Lipinski definition) is 4. The minimum absolute atomic E-state index is 0.379. The minimum atomic E-state index is 0.379. The number of ether oxygens (including phenoxy) is 1. The zero-order valence-electron chi connectivity index (χ0n) is 16.5. The molecule has 0 radical (unpaired) electrons. The number of hydrogen-bond donors (Lipinski definition) is 2. The van der Waals surface area contributed by atoms with Gasteiger partial charge in [0.2, 0.25) is 5.88 Å². The van der Waals surface area contributed by atoms with Crippen molar-refractivity contribution in [1.82, 2.24) is 20.5 Å². The molecular formula is C19H35N5O.